The minimum Gasteiger partial charge on any atom is -0.497 e. The molecule has 2 aromatic carbocycles. The van der Waals surface area contributed by atoms with Crippen molar-refractivity contribution in [1.82, 2.24) is 4.98 Å². The summed E-state index contributed by atoms with van der Waals surface area (Å²) in [6.07, 6.45) is 0. The van der Waals surface area contributed by atoms with Crippen LogP contribution in [0.5, 0.6) is 11.5 Å². The van der Waals surface area contributed by atoms with Crippen molar-refractivity contribution in [3.63, 3.8) is 0 Å². The van der Waals surface area contributed by atoms with Crippen LogP contribution in [0.25, 0.3) is 11.3 Å². The molecule has 0 unspecified atom stereocenters. The SMILES string of the molecule is COc1ccc(OC)c(-c2csc(NC(=O)c3ccc(C)c(NC(C)=O)c3)n2)c1. The van der Waals surface area contributed by atoms with Crippen molar-refractivity contribution in [1.29, 1.82) is 0 Å². The van der Waals surface area contributed by atoms with E-state index in [1.165, 1.54) is 18.3 Å². The number of benzene rings is 2. The van der Waals surface area contributed by atoms with E-state index in [1.807, 2.05) is 24.4 Å². The van der Waals surface area contributed by atoms with Crippen LogP contribution >= 0.6 is 11.3 Å². The zero-order valence-electron chi connectivity index (χ0n) is 16.5. The molecule has 0 aliphatic heterocycles. The first-order valence-electron chi connectivity index (χ1n) is 8.78. The van der Waals surface area contributed by atoms with Gasteiger partial charge in [0.2, 0.25) is 5.91 Å². The highest BCUT2D eigenvalue weighted by Crippen LogP contribution is 2.35. The summed E-state index contributed by atoms with van der Waals surface area (Å²) in [7, 11) is 3.18. The Balaban J connectivity index is 1.82. The number of nitrogens with one attached hydrogen (secondary N) is 2. The average Bonchev–Trinajstić information content (AvgIpc) is 3.17. The normalized spacial score (nSPS) is 10.3. The Morgan fingerprint density at radius 2 is 1.83 bits per heavy atom. The van der Waals surface area contributed by atoms with Gasteiger partial charge in [-0.3, -0.25) is 14.9 Å². The lowest BCUT2D eigenvalue weighted by atomic mass is 10.1. The Bertz CT molecular complexity index is 1060. The van der Waals surface area contributed by atoms with Gasteiger partial charge >= 0.3 is 0 Å². The Labute approximate surface area is 172 Å². The summed E-state index contributed by atoms with van der Waals surface area (Å²) in [5, 5.41) is 7.81. The fraction of sp³-hybridized carbons (Fsp3) is 0.190. The maximum atomic E-state index is 12.6. The second-order valence-corrected chi connectivity index (χ2v) is 7.13. The van der Waals surface area contributed by atoms with Crippen molar-refractivity contribution in [2.75, 3.05) is 24.9 Å². The first-order valence-corrected chi connectivity index (χ1v) is 9.66. The van der Waals surface area contributed by atoms with Crippen molar-refractivity contribution >= 4 is 34.0 Å². The number of aromatic nitrogens is 1. The fourth-order valence-electron chi connectivity index (χ4n) is 2.73. The van der Waals surface area contributed by atoms with Gasteiger partial charge in [0.1, 0.15) is 11.5 Å². The standard InChI is InChI=1S/C21H21N3O4S/c1-12-5-6-14(9-17(12)22-13(2)25)20(26)24-21-23-18(11-29-21)16-10-15(27-3)7-8-19(16)28-4/h5-11H,1-4H3,(H,22,25)(H,23,24,26). The lowest BCUT2D eigenvalue weighted by Crippen LogP contribution is -2.13. The predicted molar refractivity (Wildman–Crippen MR) is 114 cm³/mol. The van der Waals surface area contributed by atoms with Crippen LogP contribution in [0.15, 0.2) is 41.8 Å². The van der Waals surface area contributed by atoms with Gasteiger partial charge in [-0.15, -0.1) is 11.3 Å². The molecule has 1 heterocycles. The van der Waals surface area contributed by atoms with Gasteiger partial charge in [-0.05, 0) is 42.8 Å². The summed E-state index contributed by atoms with van der Waals surface area (Å²) in [6, 6.07) is 10.6. The average molecular weight is 411 g/mol. The summed E-state index contributed by atoms with van der Waals surface area (Å²) in [5.41, 5.74) is 3.34. The van der Waals surface area contributed by atoms with Crippen LogP contribution in [0.1, 0.15) is 22.8 Å². The van der Waals surface area contributed by atoms with Crippen LogP contribution in [-0.2, 0) is 4.79 Å². The Morgan fingerprint density at radius 1 is 1.03 bits per heavy atom. The van der Waals surface area contributed by atoms with Crippen molar-refractivity contribution in [2.45, 2.75) is 13.8 Å². The third kappa shape index (κ3) is 4.72. The molecule has 7 nitrogen and oxygen atoms in total. The number of hydrogen-bond acceptors (Lipinski definition) is 6. The molecule has 1 aromatic heterocycles. The molecule has 2 N–H and O–H groups in total. The minimum absolute atomic E-state index is 0.192. The molecular formula is C21H21N3O4S. The fourth-order valence-corrected chi connectivity index (χ4v) is 3.43. The molecule has 0 spiro atoms. The molecule has 3 rings (SSSR count). The molecule has 0 bridgehead atoms. The molecule has 0 fully saturated rings. The summed E-state index contributed by atoms with van der Waals surface area (Å²) in [4.78, 5) is 28.5. The van der Waals surface area contributed by atoms with Gasteiger partial charge in [0, 0.05) is 29.1 Å². The summed E-state index contributed by atoms with van der Waals surface area (Å²) in [6.45, 7) is 3.29. The van der Waals surface area contributed by atoms with Crippen molar-refractivity contribution in [2.24, 2.45) is 0 Å². The second-order valence-electron chi connectivity index (χ2n) is 6.27. The van der Waals surface area contributed by atoms with Crippen LogP contribution in [0.4, 0.5) is 10.8 Å². The highest BCUT2D eigenvalue weighted by atomic mass is 32.1. The third-order valence-electron chi connectivity index (χ3n) is 4.22. The number of rotatable bonds is 6. The number of carbonyl (C=O) groups is 2. The van der Waals surface area contributed by atoms with Gasteiger partial charge in [0.05, 0.1) is 19.9 Å². The van der Waals surface area contributed by atoms with Gasteiger partial charge in [-0.25, -0.2) is 4.98 Å². The maximum absolute atomic E-state index is 12.6. The molecule has 3 aromatic rings. The minimum atomic E-state index is -0.310. The maximum Gasteiger partial charge on any atom is 0.257 e. The largest absolute Gasteiger partial charge is 0.497 e. The number of aryl methyl sites for hydroxylation is 1. The lowest BCUT2D eigenvalue weighted by Gasteiger charge is -2.09. The molecule has 2 amide bonds. The summed E-state index contributed by atoms with van der Waals surface area (Å²) in [5.74, 6) is 0.842. The molecular weight excluding hydrogens is 390 g/mol. The van der Waals surface area contributed by atoms with Gasteiger partial charge in [-0.2, -0.15) is 0 Å². The van der Waals surface area contributed by atoms with E-state index in [0.717, 1.165) is 11.1 Å². The van der Waals surface area contributed by atoms with Gasteiger partial charge in [0.15, 0.2) is 5.13 Å². The van der Waals surface area contributed by atoms with E-state index >= 15 is 0 Å². The number of ether oxygens (including phenoxy) is 2. The predicted octanol–water partition coefficient (Wildman–Crippen LogP) is 4.35. The highest BCUT2D eigenvalue weighted by Gasteiger charge is 2.14. The van der Waals surface area contributed by atoms with E-state index in [9.17, 15) is 9.59 Å². The van der Waals surface area contributed by atoms with E-state index in [-0.39, 0.29) is 11.8 Å². The van der Waals surface area contributed by atoms with Crippen LogP contribution in [0.3, 0.4) is 0 Å². The molecule has 150 valence electrons. The smallest absolute Gasteiger partial charge is 0.257 e. The molecule has 0 atom stereocenters. The highest BCUT2D eigenvalue weighted by molar-refractivity contribution is 7.14. The van der Waals surface area contributed by atoms with E-state index < -0.39 is 0 Å². The zero-order chi connectivity index (χ0) is 21.0. The van der Waals surface area contributed by atoms with Crippen LogP contribution < -0.4 is 20.1 Å². The van der Waals surface area contributed by atoms with E-state index in [1.54, 1.807) is 38.5 Å². The second kappa shape index (κ2) is 8.74. The molecule has 0 aliphatic carbocycles. The van der Waals surface area contributed by atoms with Crippen LogP contribution in [0, 0.1) is 6.92 Å². The van der Waals surface area contributed by atoms with Gasteiger partial charge in [-0.1, -0.05) is 6.07 Å². The number of anilines is 2. The topological polar surface area (TPSA) is 89.5 Å². The molecule has 29 heavy (non-hydrogen) atoms. The number of carbonyl (C=O) groups excluding carboxylic acids is 2. The Hall–Kier alpha value is -3.39. The molecule has 8 heteroatoms. The van der Waals surface area contributed by atoms with E-state index in [0.29, 0.717) is 33.6 Å². The quantitative estimate of drug-likeness (QED) is 0.630. The van der Waals surface area contributed by atoms with Gasteiger partial charge < -0.3 is 14.8 Å². The first-order chi connectivity index (χ1) is 13.9. The first kappa shape index (κ1) is 20.3. The number of nitrogens with zero attached hydrogens (tertiary/aromatic N) is 1. The Kier molecular flexibility index (Phi) is 6.13. The Morgan fingerprint density at radius 3 is 2.52 bits per heavy atom. The van der Waals surface area contributed by atoms with Crippen molar-refractivity contribution in [3.05, 3.63) is 52.9 Å². The number of hydrogen-bond donors (Lipinski definition) is 2. The van der Waals surface area contributed by atoms with Crippen molar-refractivity contribution in [3.8, 4) is 22.8 Å². The summed E-state index contributed by atoms with van der Waals surface area (Å²) < 4.78 is 10.7. The molecule has 0 radical (unpaired) electrons. The molecule has 0 saturated carbocycles. The molecule has 0 saturated heterocycles. The molecule has 0 aliphatic rings. The summed E-state index contributed by atoms with van der Waals surface area (Å²) >= 11 is 1.31. The van der Waals surface area contributed by atoms with E-state index in [4.69, 9.17) is 9.47 Å². The monoisotopic (exact) mass is 411 g/mol. The van der Waals surface area contributed by atoms with Crippen molar-refractivity contribution < 1.29 is 19.1 Å². The third-order valence-corrected chi connectivity index (χ3v) is 4.98. The van der Waals surface area contributed by atoms with Gasteiger partial charge in [0.25, 0.3) is 5.91 Å². The van der Waals surface area contributed by atoms with E-state index in [2.05, 4.69) is 15.6 Å². The number of methoxy groups -OCH3 is 2. The number of amides is 2. The van der Waals surface area contributed by atoms with Crippen LogP contribution in [-0.4, -0.2) is 31.0 Å². The zero-order valence-corrected chi connectivity index (χ0v) is 17.3. The number of thiazole rings is 1. The lowest BCUT2D eigenvalue weighted by molar-refractivity contribution is -0.114. The van der Waals surface area contributed by atoms with Crippen LogP contribution in [0.2, 0.25) is 0 Å².